The minimum absolute atomic E-state index is 0.658. The van der Waals surface area contributed by atoms with E-state index in [9.17, 15) is 4.79 Å². The van der Waals surface area contributed by atoms with Gasteiger partial charge in [-0.25, -0.2) is 0 Å². The summed E-state index contributed by atoms with van der Waals surface area (Å²) in [5.41, 5.74) is 2.62. The smallest absolute Gasteiger partial charge is 0.151 e. The molecule has 3 heteroatoms. The lowest BCUT2D eigenvalue weighted by Crippen LogP contribution is -1.97. The van der Waals surface area contributed by atoms with Gasteiger partial charge >= 0.3 is 0 Å². The van der Waals surface area contributed by atoms with Crippen molar-refractivity contribution < 1.29 is 4.79 Å². The van der Waals surface area contributed by atoms with Crippen molar-refractivity contribution in [3.8, 4) is 0 Å². The standard InChI is InChI=1S/C13H10BrNO/c14-12-5-3-10(4-6-12)8-13-11(9-16)2-1-7-15-13/h1-7,9H,8H2. The zero-order valence-electron chi connectivity index (χ0n) is 8.56. The predicted octanol–water partition coefficient (Wildman–Crippen LogP) is 3.25. The average Bonchev–Trinajstić information content (AvgIpc) is 2.33. The monoisotopic (exact) mass is 275 g/mol. The second kappa shape index (κ2) is 5.03. The van der Waals surface area contributed by atoms with Crippen molar-refractivity contribution in [2.24, 2.45) is 0 Å². The molecule has 0 saturated carbocycles. The summed E-state index contributed by atoms with van der Waals surface area (Å²) in [6.07, 6.45) is 3.24. The van der Waals surface area contributed by atoms with Gasteiger partial charge in [-0.15, -0.1) is 0 Å². The molecule has 0 amide bonds. The summed E-state index contributed by atoms with van der Waals surface area (Å²) in [5.74, 6) is 0. The van der Waals surface area contributed by atoms with Crippen LogP contribution in [0.2, 0.25) is 0 Å². The topological polar surface area (TPSA) is 30.0 Å². The fourth-order valence-electron chi connectivity index (χ4n) is 1.50. The van der Waals surface area contributed by atoms with Crippen LogP contribution >= 0.6 is 15.9 Å². The first-order valence-corrected chi connectivity index (χ1v) is 5.72. The highest BCUT2D eigenvalue weighted by Crippen LogP contribution is 2.14. The van der Waals surface area contributed by atoms with Crippen LogP contribution in [0.5, 0.6) is 0 Å². The second-order valence-electron chi connectivity index (χ2n) is 3.46. The molecule has 80 valence electrons. The van der Waals surface area contributed by atoms with Gasteiger partial charge in [0.05, 0.1) is 5.69 Å². The highest BCUT2D eigenvalue weighted by molar-refractivity contribution is 9.10. The summed E-state index contributed by atoms with van der Waals surface area (Å²) in [6, 6.07) is 11.6. The van der Waals surface area contributed by atoms with Crippen LogP contribution in [0.15, 0.2) is 47.1 Å². The highest BCUT2D eigenvalue weighted by Gasteiger charge is 2.03. The van der Waals surface area contributed by atoms with Crippen LogP contribution in [0, 0.1) is 0 Å². The van der Waals surface area contributed by atoms with Gasteiger partial charge in [0.1, 0.15) is 0 Å². The number of carbonyl (C=O) groups excluding carboxylic acids is 1. The van der Waals surface area contributed by atoms with Crippen LogP contribution in [0.25, 0.3) is 0 Å². The number of halogens is 1. The molecule has 1 aromatic carbocycles. The van der Waals surface area contributed by atoms with E-state index in [4.69, 9.17) is 0 Å². The lowest BCUT2D eigenvalue weighted by molar-refractivity contribution is 0.112. The maximum atomic E-state index is 10.8. The van der Waals surface area contributed by atoms with Crippen molar-refractivity contribution in [1.82, 2.24) is 4.98 Å². The van der Waals surface area contributed by atoms with Gasteiger partial charge in [0, 0.05) is 22.7 Å². The van der Waals surface area contributed by atoms with Gasteiger partial charge in [0.2, 0.25) is 0 Å². The molecular weight excluding hydrogens is 266 g/mol. The molecule has 0 bridgehead atoms. The lowest BCUT2D eigenvalue weighted by atomic mass is 10.1. The molecule has 1 aromatic heterocycles. The Morgan fingerprint density at radius 1 is 1.19 bits per heavy atom. The maximum absolute atomic E-state index is 10.8. The van der Waals surface area contributed by atoms with Crippen LogP contribution in [-0.2, 0) is 6.42 Å². The van der Waals surface area contributed by atoms with E-state index in [0.717, 1.165) is 22.0 Å². The summed E-state index contributed by atoms with van der Waals surface area (Å²) in [4.78, 5) is 15.0. The minimum Gasteiger partial charge on any atom is -0.298 e. The van der Waals surface area contributed by atoms with E-state index in [0.29, 0.717) is 12.0 Å². The van der Waals surface area contributed by atoms with E-state index in [1.807, 2.05) is 24.3 Å². The Balaban J connectivity index is 2.26. The number of aldehydes is 1. The van der Waals surface area contributed by atoms with Crippen LogP contribution in [0.4, 0.5) is 0 Å². The maximum Gasteiger partial charge on any atom is 0.151 e. The van der Waals surface area contributed by atoms with Crippen molar-refractivity contribution in [3.63, 3.8) is 0 Å². The normalized spacial score (nSPS) is 10.1. The molecular formula is C13H10BrNO. The molecule has 16 heavy (non-hydrogen) atoms. The quantitative estimate of drug-likeness (QED) is 0.805. The molecule has 0 atom stereocenters. The predicted molar refractivity (Wildman–Crippen MR) is 66.6 cm³/mol. The van der Waals surface area contributed by atoms with E-state index in [1.165, 1.54) is 0 Å². The summed E-state index contributed by atoms with van der Waals surface area (Å²) < 4.78 is 1.05. The number of pyridine rings is 1. The summed E-state index contributed by atoms with van der Waals surface area (Å²) >= 11 is 3.39. The molecule has 0 unspecified atom stereocenters. The van der Waals surface area contributed by atoms with E-state index < -0.39 is 0 Å². The Hall–Kier alpha value is -1.48. The first-order chi connectivity index (χ1) is 7.79. The minimum atomic E-state index is 0.658. The average molecular weight is 276 g/mol. The largest absolute Gasteiger partial charge is 0.298 e. The van der Waals surface area contributed by atoms with Gasteiger partial charge in [-0.1, -0.05) is 28.1 Å². The zero-order chi connectivity index (χ0) is 11.4. The van der Waals surface area contributed by atoms with Gasteiger partial charge in [0.15, 0.2) is 6.29 Å². The molecule has 2 aromatic rings. The molecule has 1 heterocycles. The van der Waals surface area contributed by atoms with Crippen LogP contribution in [-0.4, -0.2) is 11.3 Å². The number of benzene rings is 1. The van der Waals surface area contributed by atoms with Gasteiger partial charge in [-0.3, -0.25) is 9.78 Å². The summed E-state index contributed by atoms with van der Waals surface area (Å²) in [6.45, 7) is 0. The third-order valence-electron chi connectivity index (χ3n) is 2.34. The number of carbonyl (C=O) groups is 1. The van der Waals surface area contributed by atoms with Gasteiger partial charge < -0.3 is 0 Å². The van der Waals surface area contributed by atoms with Crippen molar-refractivity contribution >= 4 is 22.2 Å². The SMILES string of the molecule is O=Cc1cccnc1Cc1ccc(Br)cc1. The zero-order valence-corrected chi connectivity index (χ0v) is 10.1. The summed E-state index contributed by atoms with van der Waals surface area (Å²) in [7, 11) is 0. The fraction of sp³-hybridized carbons (Fsp3) is 0.0769. The summed E-state index contributed by atoms with van der Waals surface area (Å²) in [5, 5.41) is 0. The molecule has 0 fully saturated rings. The van der Waals surface area contributed by atoms with Crippen LogP contribution in [0.1, 0.15) is 21.6 Å². The Morgan fingerprint density at radius 2 is 1.94 bits per heavy atom. The molecule has 0 spiro atoms. The second-order valence-corrected chi connectivity index (χ2v) is 4.38. The Bertz CT molecular complexity index is 494. The van der Waals surface area contributed by atoms with Gasteiger partial charge in [-0.2, -0.15) is 0 Å². The lowest BCUT2D eigenvalue weighted by Gasteiger charge is -2.03. The van der Waals surface area contributed by atoms with E-state index in [1.54, 1.807) is 18.3 Å². The highest BCUT2D eigenvalue weighted by atomic mass is 79.9. The van der Waals surface area contributed by atoms with Gasteiger partial charge in [0.25, 0.3) is 0 Å². The molecule has 0 aliphatic heterocycles. The molecule has 2 nitrogen and oxygen atoms in total. The number of hydrogen-bond acceptors (Lipinski definition) is 2. The van der Waals surface area contributed by atoms with E-state index in [2.05, 4.69) is 20.9 Å². The molecule has 0 radical (unpaired) electrons. The third kappa shape index (κ3) is 2.55. The Morgan fingerprint density at radius 3 is 2.62 bits per heavy atom. The van der Waals surface area contributed by atoms with Gasteiger partial charge in [-0.05, 0) is 29.8 Å². The molecule has 0 saturated heterocycles. The van der Waals surface area contributed by atoms with Crippen LogP contribution < -0.4 is 0 Å². The first-order valence-electron chi connectivity index (χ1n) is 4.93. The molecule has 0 N–H and O–H groups in total. The van der Waals surface area contributed by atoms with E-state index >= 15 is 0 Å². The number of hydrogen-bond donors (Lipinski definition) is 0. The van der Waals surface area contributed by atoms with Crippen LogP contribution in [0.3, 0.4) is 0 Å². The first kappa shape index (κ1) is 11.0. The number of aromatic nitrogens is 1. The molecule has 0 aliphatic rings. The number of nitrogens with zero attached hydrogens (tertiary/aromatic N) is 1. The molecule has 0 aliphatic carbocycles. The van der Waals surface area contributed by atoms with Crippen molar-refractivity contribution in [1.29, 1.82) is 0 Å². The van der Waals surface area contributed by atoms with Crippen molar-refractivity contribution in [2.75, 3.05) is 0 Å². The van der Waals surface area contributed by atoms with Crippen molar-refractivity contribution in [3.05, 3.63) is 63.9 Å². The Labute approximate surface area is 102 Å². The number of rotatable bonds is 3. The molecule has 2 rings (SSSR count). The third-order valence-corrected chi connectivity index (χ3v) is 2.87. The Kier molecular flexibility index (Phi) is 3.47. The van der Waals surface area contributed by atoms with Crippen molar-refractivity contribution in [2.45, 2.75) is 6.42 Å². The fourth-order valence-corrected chi connectivity index (χ4v) is 1.77. The van der Waals surface area contributed by atoms with E-state index in [-0.39, 0.29) is 0 Å².